The van der Waals surface area contributed by atoms with Crippen LogP contribution in [0.5, 0.6) is 11.5 Å². The van der Waals surface area contributed by atoms with Crippen LogP contribution in [-0.2, 0) is 24.1 Å². The molecule has 4 nitrogen and oxygen atoms in total. The molecule has 2 aromatic carbocycles. The maximum atomic E-state index is 12.0. The van der Waals surface area contributed by atoms with Gasteiger partial charge in [-0.25, -0.2) is 0 Å². The zero-order valence-corrected chi connectivity index (χ0v) is 16.1. The minimum absolute atomic E-state index is 0.0638. The van der Waals surface area contributed by atoms with Gasteiger partial charge in [0.2, 0.25) is 0 Å². The van der Waals surface area contributed by atoms with Crippen molar-refractivity contribution in [3.63, 3.8) is 0 Å². The van der Waals surface area contributed by atoms with Crippen LogP contribution in [0.1, 0.15) is 42.9 Å². The quantitative estimate of drug-likeness (QED) is 0.679. The van der Waals surface area contributed by atoms with Gasteiger partial charge in [-0.2, -0.15) is 0 Å². The average molecular weight is 367 g/mol. The third kappa shape index (κ3) is 5.75. The van der Waals surface area contributed by atoms with Crippen molar-refractivity contribution in [3.8, 4) is 11.5 Å². The third-order valence-corrected chi connectivity index (χ3v) is 4.91. The molecule has 1 N–H and O–H groups in total. The van der Waals surface area contributed by atoms with E-state index < -0.39 is 0 Å². The fourth-order valence-corrected chi connectivity index (χ4v) is 3.51. The Morgan fingerprint density at radius 1 is 1.04 bits per heavy atom. The van der Waals surface area contributed by atoms with E-state index in [2.05, 4.69) is 23.5 Å². The summed E-state index contributed by atoms with van der Waals surface area (Å²) in [6, 6.07) is 14.3. The Morgan fingerprint density at radius 3 is 2.70 bits per heavy atom. The van der Waals surface area contributed by atoms with Crippen molar-refractivity contribution in [2.75, 3.05) is 19.8 Å². The van der Waals surface area contributed by atoms with Crippen molar-refractivity contribution in [2.45, 2.75) is 45.4 Å². The Hall–Kier alpha value is -2.49. The Kier molecular flexibility index (Phi) is 7.14. The second-order valence-electron chi connectivity index (χ2n) is 6.92. The maximum Gasteiger partial charge on any atom is 0.257 e. The maximum absolute atomic E-state index is 12.0. The van der Waals surface area contributed by atoms with Gasteiger partial charge in [-0.3, -0.25) is 4.79 Å². The van der Waals surface area contributed by atoms with Crippen LogP contribution < -0.4 is 14.8 Å². The van der Waals surface area contributed by atoms with Crippen LogP contribution in [0.2, 0.25) is 0 Å². The fraction of sp³-hybridized carbons (Fsp3) is 0.435. The number of fused-ring (bicyclic) bond motifs is 1. The molecule has 0 unspecified atom stereocenters. The molecule has 1 amide bonds. The highest BCUT2D eigenvalue weighted by Crippen LogP contribution is 2.25. The molecule has 0 radical (unpaired) electrons. The molecule has 0 aliphatic heterocycles. The fourth-order valence-electron chi connectivity index (χ4n) is 3.51. The Morgan fingerprint density at radius 2 is 1.85 bits per heavy atom. The number of nitrogens with one attached hydrogen (secondary N) is 1. The zero-order valence-electron chi connectivity index (χ0n) is 16.1. The number of hydrogen-bond donors (Lipinski definition) is 1. The van der Waals surface area contributed by atoms with E-state index in [1.54, 1.807) is 0 Å². The minimum Gasteiger partial charge on any atom is -0.494 e. The summed E-state index contributed by atoms with van der Waals surface area (Å²) < 4.78 is 11.3. The van der Waals surface area contributed by atoms with E-state index in [1.807, 2.05) is 31.2 Å². The van der Waals surface area contributed by atoms with Crippen LogP contribution in [0.4, 0.5) is 0 Å². The summed E-state index contributed by atoms with van der Waals surface area (Å²) in [5, 5.41) is 2.93. The summed E-state index contributed by atoms with van der Waals surface area (Å²) in [5.74, 6) is 1.64. The van der Waals surface area contributed by atoms with Gasteiger partial charge in [0.15, 0.2) is 6.61 Å². The largest absolute Gasteiger partial charge is 0.494 e. The number of hydrogen-bond acceptors (Lipinski definition) is 3. The van der Waals surface area contributed by atoms with Gasteiger partial charge in [-0.1, -0.05) is 24.3 Å². The first kappa shape index (κ1) is 19.3. The van der Waals surface area contributed by atoms with Crippen LogP contribution >= 0.6 is 0 Å². The number of carbonyl (C=O) groups excluding carboxylic acids is 1. The molecule has 1 aliphatic carbocycles. The van der Waals surface area contributed by atoms with E-state index in [0.29, 0.717) is 13.2 Å². The summed E-state index contributed by atoms with van der Waals surface area (Å²) in [6.45, 7) is 3.34. The lowest BCUT2D eigenvalue weighted by Crippen LogP contribution is -2.30. The van der Waals surface area contributed by atoms with Crippen molar-refractivity contribution in [1.29, 1.82) is 0 Å². The molecule has 0 fully saturated rings. The number of para-hydroxylation sites is 1. The summed E-state index contributed by atoms with van der Waals surface area (Å²) >= 11 is 0. The van der Waals surface area contributed by atoms with Gasteiger partial charge in [0.1, 0.15) is 11.5 Å². The molecule has 0 spiro atoms. The van der Waals surface area contributed by atoms with E-state index in [1.165, 1.54) is 29.5 Å². The Balaban J connectivity index is 1.38. The number of rotatable bonds is 9. The number of carbonyl (C=O) groups is 1. The molecule has 0 bridgehead atoms. The highest BCUT2D eigenvalue weighted by atomic mass is 16.5. The van der Waals surface area contributed by atoms with Gasteiger partial charge in [0, 0.05) is 6.54 Å². The number of benzene rings is 2. The number of aryl methyl sites for hydroxylation is 3. The number of ether oxygens (including phenoxy) is 2. The third-order valence-electron chi connectivity index (χ3n) is 4.91. The van der Waals surface area contributed by atoms with Crippen LogP contribution in [0.25, 0.3) is 0 Å². The SMILES string of the molecule is CCOc1ccccc1CCCNC(=O)COc1ccc2c(c1)CCCC2. The lowest BCUT2D eigenvalue weighted by atomic mass is 9.92. The lowest BCUT2D eigenvalue weighted by Gasteiger charge is -2.16. The average Bonchev–Trinajstić information content (AvgIpc) is 2.71. The van der Waals surface area contributed by atoms with Gasteiger partial charge in [0.05, 0.1) is 6.61 Å². The first-order valence-electron chi connectivity index (χ1n) is 9.98. The van der Waals surface area contributed by atoms with Gasteiger partial charge in [-0.05, 0) is 80.3 Å². The first-order valence-corrected chi connectivity index (χ1v) is 9.98. The molecule has 0 saturated heterocycles. The van der Waals surface area contributed by atoms with Crippen molar-refractivity contribution in [1.82, 2.24) is 5.32 Å². The molecular weight excluding hydrogens is 338 g/mol. The van der Waals surface area contributed by atoms with Crippen molar-refractivity contribution in [3.05, 3.63) is 59.2 Å². The summed E-state index contributed by atoms with van der Waals surface area (Å²) in [6.07, 6.45) is 6.52. The molecular formula is C23H29NO3. The second-order valence-corrected chi connectivity index (χ2v) is 6.92. The molecule has 2 aromatic rings. The van der Waals surface area contributed by atoms with E-state index in [4.69, 9.17) is 9.47 Å². The lowest BCUT2D eigenvalue weighted by molar-refractivity contribution is -0.123. The van der Waals surface area contributed by atoms with E-state index in [9.17, 15) is 4.79 Å². The number of amides is 1. The Bertz CT molecular complexity index is 757. The predicted molar refractivity (Wildman–Crippen MR) is 108 cm³/mol. The molecule has 1 aliphatic rings. The summed E-state index contributed by atoms with van der Waals surface area (Å²) in [4.78, 5) is 12.0. The summed E-state index contributed by atoms with van der Waals surface area (Å²) in [5.41, 5.74) is 3.97. The Labute approximate surface area is 161 Å². The second kappa shape index (κ2) is 10.0. The van der Waals surface area contributed by atoms with Crippen LogP contribution in [0.3, 0.4) is 0 Å². The van der Waals surface area contributed by atoms with Gasteiger partial charge >= 0.3 is 0 Å². The molecule has 0 aromatic heterocycles. The molecule has 4 heteroatoms. The molecule has 0 saturated carbocycles. The first-order chi connectivity index (χ1) is 13.3. The van der Waals surface area contributed by atoms with Gasteiger partial charge in [-0.15, -0.1) is 0 Å². The van der Waals surface area contributed by atoms with Gasteiger partial charge < -0.3 is 14.8 Å². The van der Waals surface area contributed by atoms with Crippen molar-refractivity contribution in [2.24, 2.45) is 0 Å². The highest BCUT2D eigenvalue weighted by molar-refractivity contribution is 5.77. The van der Waals surface area contributed by atoms with E-state index in [0.717, 1.165) is 37.2 Å². The monoisotopic (exact) mass is 367 g/mol. The van der Waals surface area contributed by atoms with Crippen LogP contribution in [0.15, 0.2) is 42.5 Å². The molecule has 0 heterocycles. The predicted octanol–water partition coefficient (Wildman–Crippen LogP) is 4.09. The van der Waals surface area contributed by atoms with Crippen molar-refractivity contribution >= 4 is 5.91 Å². The van der Waals surface area contributed by atoms with E-state index in [-0.39, 0.29) is 12.5 Å². The van der Waals surface area contributed by atoms with Crippen molar-refractivity contribution < 1.29 is 14.3 Å². The zero-order chi connectivity index (χ0) is 18.9. The van der Waals surface area contributed by atoms with E-state index >= 15 is 0 Å². The molecule has 144 valence electrons. The summed E-state index contributed by atoms with van der Waals surface area (Å²) in [7, 11) is 0. The highest BCUT2D eigenvalue weighted by Gasteiger charge is 2.10. The van der Waals surface area contributed by atoms with Crippen LogP contribution in [0, 0.1) is 0 Å². The minimum atomic E-state index is -0.0779. The molecule has 27 heavy (non-hydrogen) atoms. The topological polar surface area (TPSA) is 47.6 Å². The normalized spacial score (nSPS) is 12.9. The molecule has 0 atom stereocenters. The van der Waals surface area contributed by atoms with Crippen LogP contribution in [-0.4, -0.2) is 25.7 Å². The molecule has 3 rings (SSSR count). The van der Waals surface area contributed by atoms with Gasteiger partial charge in [0.25, 0.3) is 5.91 Å². The standard InChI is InChI=1S/C23H29NO3/c1-2-26-22-12-6-5-9-19(22)11-7-15-24-23(25)17-27-21-14-13-18-8-3-4-10-20(18)16-21/h5-6,9,12-14,16H,2-4,7-8,10-11,15,17H2,1H3,(H,24,25). The smallest absolute Gasteiger partial charge is 0.257 e.